The highest BCUT2D eigenvalue weighted by Gasteiger charge is 2.15. The third kappa shape index (κ3) is 4.16. The number of benzene rings is 1. The van der Waals surface area contributed by atoms with Crippen LogP contribution < -0.4 is 4.74 Å². The second-order valence-electron chi connectivity index (χ2n) is 4.38. The Bertz CT molecular complexity index is 633. The molecule has 0 saturated heterocycles. The van der Waals surface area contributed by atoms with E-state index in [0.29, 0.717) is 24.5 Å². The molecule has 1 heterocycles. The normalized spacial score (nSPS) is 10.7. The van der Waals surface area contributed by atoms with E-state index in [1.54, 1.807) is 25.3 Å². The van der Waals surface area contributed by atoms with Gasteiger partial charge >= 0.3 is 0 Å². The number of carbonyl (C=O) groups is 1. The minimum absolute atomic E-state index is 0.0120. The predicted molar refractivity (Wildman–Crippen MR) is 91.7 cm³/mol. The molecule has 0 unspecified atom stereocenters. The van der Waals surface area contributed by atoms with Gasteiger partial charge in [0, 0.05) is 12.7 Å². The van der Waals surface area contributed by atoms with Crippen LogP contribution in [0.4, 0.5) is 0 Å². The standard InChI is InChI=1S/C15H14Br2O3S/c1-9-7-13(21-15(9)17)14(18)10-3-4-12(11(16)8-10)20-6-5-19-2/h3-4,7-8H,5-6H2,1-2H3. The molecule has 0 N–H and O–H groups in total. The SMILES string of the molecule is COCCOc1ccc(C(=O)c2cc(C)c(Br)s2)cc1Br. The number of carbonyl (C=O) groups excluding carboxylic acids is 1. The number of aryl methyl sites for hydroxylation is 1. The van der Waals surface area contributed by atoms with Crippen LogP contribution in [0.15, 0.2) is 32.5 Å². The topological polar surface area (TPSA) is 35.5 Å². The minimum Gasteiger partial charge on any atom is -0.490 e. The predicted octanol–water partition coefficient (Wildman–Crippen LogP) is 4.84. The molecule has 0 aliphatic carbocycles. The van der Waals surface area contributed by atoms with Crippen molar-refractivity contribution in [1.82, 2.24) is 0 Å². The van der Waals surface area contributed by atoms with Crippen molar-refractivity contribution in [3.8, 4) is 5.75 Å². The van der Waals surface area contributed by atoms with Gasteiger partial charge in [0.05, 0.1) is 19.7 Å². The first-order valence-corrected chi connectivity index (χ1v) is 8.65. The van der Waals surface area contributed by atoms with Crippen molar-refractivity contribution in [2.45, 2.75) is 6.92 Å². The third-order valence-corrected chi connectivity index (χ3v) is 5.58. The molecule has 6 heteroatoms. The molecule has 0 saturated carbocycles. The van der Waals surface area contributed by atoms with Crippen LogP contribution >= 0.6 is 43.2 Å². The summed E-state index contributed by atoms with van der Waals surface area (Å²) in [5.74, 6) is 0.713. The van der Waals surface area contributed by atoms with Crippen molar-refractivity contribution in [2.24, 2.45) is 0 Å². The van der Waals surface area contributed by atoms with Gasteiger partial charge in [0.2, 0.25) is 5.78 Å². The van der Waals surface area contributed by atoms with E-state index in [4.69, 9.17) is 9.47 Å². The number of methoxy groups -OCH3 is 1. The van der Waals surface area contributed by atoms with Crippen LogP contribution in [-0.2, 0) is 4.74 Å². The summed E-state index contributed by atoms with van der Waals surface area (Å²) >= 11 is 8.33. The Kier molecular flexibility index (Phi) is 5.98. The maximum absolute atomic E-state index is 12.4. The summed E-state index contributed by atoms with van der Waals surface area (Å²) in [4.78, 5) is 13.2. The van der Waals surface area contributed by atoms with Gasteiger partial charge in [0.25, 0.3) is 0 Å². The molecule has 0 radical (unpaired) electrons. The van der Waals surface area contributed by atoms with Crippen LogP contribution in [0.5, 0.6) is 5.75 Å². The molecule has 0 fully saturated rings. The number of ether oxygens (including phenoxy) is 2. The summed E-state index contributed by atoms with van der Waals surface area (Å²) in [5.41, 5.74) is 1.71. The highest BCUT2D eigenvalue weighted by atomic mass is 79.9. The van der Waals surface area contributed by atoms with Crippen LogP contribution in [0.3, 0.4) is 0 Å². The molecule has 0 spiro atoms. The second kappa shape index (κ2) is 7.54. The van der Waals surface area contributed by atoms with Gasteiger partial charge in [0.15, 0.2) is 0 Å². The first kappa shape index (κ1) is 16.7. The fourth-order valence-electron chi connectivity index (χ4n) is 1.71. The Hall–Kier alpha value is -0.690. The Morgan fingerprint density at radius 3 is 2.57 bits per heavy atom. The maximum atomic E-state index is 12.4. The van der Waals surface area contributed by atoms with Crippen molar-refractivity contribution >= 4 is 49.0 Å². The van der Waals surface area contributed by atoms with Gasteiger partial charge in [-0.2, -0.15) is 0 Å². The monoisotopic (exact) mass is 432 g/mol. The summed E-state index contributed by atoms with van der Waals surface area (Å²) in [5, 5.41) is 0. The number of hydrogen-bond acceptors (Lipinski definition) is 4. The lowest BCUT2D eigenvalue weighted by atomic mass is 10.1. The summed E-state index contributed by atoms with van der Waals surface area (Å²) in [7, 11) is 1.63. The van der Waals surface area contributed by atoms with Crippen molar-refractivity contribution in [3.05, 3.63) is 48.5 Å². The van der Waals surface area contributed by atoms with Crippen molar-refractivity contribution in [2.75, 3.05) is 20.3 Å². The molecule has 21 heavy (non-hydrogen) atoms. The number of halogens is 2. The maximum Gasteiger partial charge on any atom is 0.203 e. The summed E-state index contributed by atoms with van der Waals surface area (Å²) in [6, 6.07) is 7.25. The average molecular weight is 434 g/mol. The Labute approximate surface area is 144 Å². The van der Waals surface area contributed by atoms with Crippen molar-refractivity contribution in [1.29, 1.82) is 0 Å². The third-order valence-electron chi connectivity index (χ3n) is 2.82. The number of rotatable bonds is 6. The number of ketones is 1. The zero-order valence-electron chi connectivity index (χ0n) is 11.6. The summed E-state index contributed by atoms with van der Waals surface area (Å²) < 4.78 is 12.2. The van der Waals surface area contributed by atoms with Gasteiger partial charge in [-0.05, 0) is 68.6 Å². The molecule has 1 aromatic carbocycles. The zero-order valence-corrected chi connectivity index (χ0v) is 15.6. The van der Waals surface area contributed by atoms with E-state index in [9.17, 15) is 4.79 Å². The van der Waals surface area contributed by atoms with Gasteiger partial charge < -0.3 is 9.47 Å². The quantitative estimate of drug-likeness (QED) is 0.483. The Morgan fingerprint density at radius 2 is 2.00 bits per heavy atom. The highest BCUT2D eigenvalue weighted by Crippen LogP contribution is 2.31. The fraction of sp³-hybridized carbons (Fsp3) is 0.267. The molecule has 3 nitrogen and oxygen atoms in total. The van der Waals surface area contributed by atoms with E-state index >= 15 is 0 Å². The first-order chi connectivity index (χ1) is 10.0. The molecule has 0 amide bonds. The van der Waals surface area contributed by atoms with E-state index < -0.39 is 0 Å². The highest BCUT2D eigenvalue weighted by molar-refractivity contribution is 9.11. The second-order valence-corrected chi connectivity index (χ2v) is 7.61. The number of hydrogen-bond donors (Lipinski definition) is 0. The first-order valence-electron chi connectivity index (χ1n) is 6.25. The lowest BCUT2D eigenvalue weighted by Gasteiger charge is -2.08. The molecule has 2 rings (SSSR count). The zero-order chi connectivity index (χ0) is 15.4. The lowest BCUT2D eigenvalue weighted by molar-refractivity contribution is 0.104. The van der Waals surface area contributed by atoms with Crippen LogP contribution in [-0.4, -0.2) is 26.1 Å². The average Bonchev–Trinajstić information content (AvgIpc) is 2.80. The summed E-state index contributed by atoms with van der Waals surface area (Å²) in [6.07, 6.45) is 0. The van der Waals surface area contributed by atoms with Gasteiger partial charge in [-0.25, -0.2) is 0 Å². The summed E-state index contributed by atoms with van der Waals surface area (Å²) in [6.45, 7) is 2.97. The molecule has 0 aliphatic rings. The van der Waals surface area contributed by atoms with Gasteiger partial charge in [0.1, 0.15) is 12.4 Å². The van der Waals surface area contributed by atoms with Gasteiger partial charge in [-0.15, -0.1) is 11.3 Å². The van der Waals surface area contributed by atoms with E-state index in [1.165, 1.54) is 11.3 Å². The lowest BCUT2D eigenvalue weighted by Crippen LogP contribution is -2.05. The van der Waals surface area contributed by atoms with Crippen LogP contribution in [0.1, 0.15) is 20.8 Å². The van der Waals surface area contributed by atoms with Crippen molar-refractivity contribution < 1.29 is 14.3 Å². The van der Waals surface area contributed by atoms with Crippen molar-refractivity contribution in [3.63, 3.8) is 0 Å². The molecule has 1 aromatic heterocycles. The van der Waals surface area contributed by atoms with Gasteiger partial charge in [-0.1, -0.05) is 0 Å². The van der Waals surface area contributed by atoms with E-state index in [0.717, 1.165) is 18.7 Å². The van der Waals surface area contributed by atoms with Crippen LogP contribution in [0.25, 0.3) is 0 Å². The molecular weight excluding hydrogens is 420 g/mol. The molecule has 0 atom stereocenters. The molecular formula is C15H14Br2O3S. The van der Waals surface area contributed by atoms with E-state index in [2.05, 4.69) is 31.9 Å². The molecule has 2 aromatic rings. The molecule has 112 valence electrons. The smallest absolute Gasteiger partial charge is 0.203 e. The largest absolute Gasteiger partial charge is 0.490 e. The van der Waals surface area contributed by atoms with Crippen LogP contribution in [0, 0.1) is 6.92 Å². The Morgan fingerprint density at radius 1 is 1.24 bits per heavy atom. The minimum atomic E-state index is 0.0120. The van der Waals surface area contributed by atoms with Crippen LogP contribution in [0.2, 0.25) is 0 Å². The fourth-order valence-corrected chi connectivity index (χ4v) is 3.70. The molecule has 0 bridgehead atoms. The van der Waals surface area contributed by atoms with Gasteiger partial charge in [-0.3, -0.25) is 4.79 Å². The molecule has 0 aliphatic heterocycles. The number of thiophene rings is 1. The van der Waals surface area contributed by atoms with E-state index in [-0.39, 0.29) is 5.78 Å². The van der Waals surface area contributed by atoms with E-state index in [1.807, 2.05) is 13.0 Å². The Balaban J connectivity index is 2.17.